The van der Waals surface area contributed by atoms with Crippen molar-refractivity contribution in [1.29, 1.82) is 0 Å². The summed E-state index contributed by atoms with van der Waals surface area (Å²) in [6.45, 7) is 20.1. The van der Waals surface area contributed by atoms with Crippen molar-refractivity contribution < 1.29 is 5.11 Å². The fourth-order valence-corrected chi connectivity index (χ4v) is 11.6. The molecule has 0 saturated heterocycles. The van der Waals surface area contributed by atoms with Crippen molar-refractivity contribution in [2.75, 3.05) is 0 Å². The first-order valence-corrected chi connectivity index (χ1v) is 16.9. The first-order chi connectivity index (χ1) is 17.8. The van der Waals surface area contributed by atoms with Gasteiger partial charge in [-0.25, -0.2) is 0 Å². The summed E-state index contributed by atoms with van der Waals surface area (Å²) < 4.78 is 0. The van der Waals surface area contributed by atoms with Crippen molar-refractivity contribution in [3.63, 3.8) is 0 Å². The van der Waals surface area contributed by atoms with Crippen LogP contribution in [-0.2, 0) is 0 Å². The third-order valence-electron chi connectivity index (χ3n) is 13.2. The van der Waals surface area contributed by atoms with Gasteiger partial charge in [-0.15, -0.1) is 11.8 Å². The normalized spacial score (nSPS) is 39.9. The van der Waals surface area contributed by atoms with E-state index in [0.29, 0.717) is 33.3 Å². The lowest BCUT2D eigenvalue weighted by molar-refractivity contribution is -0.0962. The molecule has 2 saturated carbocycles. The van der Waals surface area contributed by atoms with Crippen LogP contribution in [0.3, 0.4) is 0 Å². The summed E-state index contributed by atoms with van der Waals surface area (Å²) in [6, 6.07) is 11.1. The number of allylic oxidation sites excluding steroid dienone is 2. The van der Waals surface area contributed by atoms with Crippen LogP contribution in [0.4, 0.5) is 0 Å². The van der Waals surface area contributed by atoms with Crippen molar-refractivity contribution in [3.8, 4) is 0 Å². The van der Waals surface area contributed by atoms with Gasteiger partial charge in [0, 0.05) is 10.1 Å². The highest BCUT2D eigenvalue weighted by Crippen LogP contribution is 2.72. The molecule has 2 heteroatoms. The molecule has 0 aliphatic heterocycles. The minimum absolute atomic E-state index is 0.0324. The molecule has 2 fully saturated rings. The minimum atomic E-state index is -0.140. The zero-order valence-corrected chi connectivity index (χ0v) is 26.6. The van der Waals surface area contributed by atoms with E-state index >= 15 is 0 Å². The summed E-state index contributed by atoms with van der Waals surface area (Å²) >= 11 is 2.10. The van der Waals surface area contributed by atoms with Gasteiger partial charge >= 0.3 is 0 Å². The molecule has 0 amide bonds. The lowest BCUT2D eigenvalue weighted by atomic mass is 9.43. The summed E-state index contributed by atoms with van der Waals surface area (Å²) in [4.78, 5) is 1.42. The quantitative estimate of drug-likeness (QED) is 0.276. The van der Waals surface area contributed by atoms with E-state index < -0.39 is 0 Å². The van der Waals surface area contributed by atoms with Gasteiger partial charge in [-0.1, -0.05) is 84.7 Å². The van der Waals surface area contributed by atoms with Gasteiger partial charge in [0.1, 0.15) is 0 Å². The zero-order chi connectivity index (χ0) is 27.5. The molecule has 212 valence electrons. The second kappa shape index (κ2) is 10.3. The first-order valence-electron chi connectivity index (χ1n) is 16.0. The summed E-state index contributed by atoms with van der Waals surface area (Å²) in [5.41, 5.74) is 4.85. The van der Waals surface area contributed by atoms with E-state index in [1.165, 1.54) is 62.7 Å². The molecule has 0 bridgehead atoms. The number of fused-ring (bicyclic) bond motifs is 4. The second-order valence-electron chi connectivity index (χ2n) is 15.5. The average Bonchev–Trinajstić information content (AvgIpc) is 3.16. The molecule has 1 N–H and O–H groups in total. The average molecular weight is 537 g/mol. The van der Waals surface area contributed by atoms with Gasteiger partial charge in [0.25, 0.3) is 0 Å². The first kappa shape index (κ1) is 28.8. The minimum Gasteiger partial charge on any atom is -0.393 e. The molecule has 0 heterocycles. The van der Waals surface area contributed by atoms with Crippen molar-refractivity contribution in [2.24, 2.45) is 45.3 Å². The molecule has 38 heavy (non-hydrogen) atoms. The molecule has 0 aromatic heterocycles. The van der Waals surface area contributed by atoms with Gasteiger partial charge in [0.2, 0.25) is 0 Å². The fourth-order valence-electron chi connectivity index (χ4n) is 10.5. The van der Waals surface area contributed by atoms with Gasteiger partial charge in [-0.05, 0) is 122 Å². The van der Waals surface area contributed by atoms with Crippen molar-refractivity contribution in [3.05, 3.63) is 41.5 Å². The van der Waals surface area contributed by atoms with Crippen LogP contribution < -0.4 is 0 Å². The second-order valence-corrected chi connectivity index (χ2v) is 16.8. The Bertz CT molecular complexity index is 1030. The molecule has 8 atom stereocenters. The summed E-state index contributed by atoms with van der Waals surface area (Å²) in [6.07, 6.45) is 12.7. The Labute approximate surface area is 239 Å². The topological polar surface area (TPSA) is 20.2 Å². The van der Waals surface area contributed by atoms with E-state index in [2.05, 4.69) is 97.5 Å². The predicted molar refractivity (Wildman–Crippen MR) is 164 cm³/mol. The molecule has 1 aromatic carbocycles. The lowest BCUT2D eigenvalue weighted by Gasteiger charge is -2.62. The fraction of sp³-hybridized carbons (Fsp3) is 0.778. The summed E-state index contributed by atoms with van der Waals surface area (Å²) in [7, 11) is 0. The highest BCUT2D eigenvalue weighted by atomic mass is 32.2. The summed E-state index contributed by atoms with van der Waals surface area (Å²) in [5.74, 6) is 2.95. The van der Waals surface area contributed by atoms with Gasteiger partial charge in [0.05, 0.1) is 6.10 Å². The number of hydrogen-bond donors (Lipinski definition) is 1. The number of benzene rings is 1. The van der Waals surface area contributed by atoms with Crippen LogP contribution in [0.15, 0.2) is 46.4 Å². The van der Waals surface area contributed by atoms with Gasteiger partial charge in [0.15, 0.2) is 0 Å². The third kappa shape index (κ3) is 4.47. The Morgan fingerprint density at radius 3 is 2.24 bits per heavy atom. The molecule has 0 radical (unpaired) electrons. The highest BCUT2D eigenvalue weighted by molar-refractivity contribution is 8.00. The van der Waals surface area contributed by atoms with Crippen LogP contribution in [-0.4, -0.2) is 16.5 Å². The van der Waals surface area contributed by atoms with Crippen LogP contribution in [0.2, 0.25) is 0 Å². The number of thioether (sulfide) groups is 1. The number of hydrogen-bond acceptors (Lipinski definition) is 2. The Morgan fingerprint density at radius 2 is 1.55 bits per heavy atom. The Balaban J connectivity index is 1.34. The molecule has 1 aromatic rings. The van der Waals surface area contributed by atoms with Crippen LogP contribution in [0, 0.1) is 45.3 Å². The van der Waals surface area contributed by atoms with Crippen molar-refractivity contribution in [2.45, 2.75) is 136 Å². The smallest absolute Gasteiger partial charge is 0.0594 e. The molecule has 5 rings (SSSR count). The summed E-state index contributed by atoms with van der Waals surface area (Å²) in [5, 5.41) is 11.6. The van der Waals surface area contributed by atoms with Gasteiger partial charge in [-0.3, -0.25) is 0 Å². The molecule has 0 spiro atoms. The van der Waals surface area contributed by atoms with E-state index in [-0.39, 0.29) is 11.5 Å². The lowest BCUT2D eigenvalue weighted by Crippen LogP contribution is -2.55. The largest absolute Gasteiger partial charge is 0.393 e. The third-order valence-corrected chi connectivity index (χ3v) is 14.8. The van der Waals surface area contributed by atoms with E-state index in [1.54, 1.807) is 0 Å². The SMILES string of the molecule is CC(C)C(CCC(C)C1CC[C@@]2(C)C3=C(CCC12C)C1(C)CC[C@H](O)C(C)(C)C1CC3)Sc1ccccc1. The van der Waals surface area contributed by atoms with Crippen molar-refractivity contribution >= 4 is 11.8 Å². The molecule has 6 unspecified atom stereocenters. The number of aliphatic hydroxyl groups is 1. The van der Waals surface area contributed by atoms with Crippen LogP contribution >= 0.6 is 11.8 Å². The Hall–Kier alpha value is -0.730. The van der Waals surface area contributed by atoms with Crippen molar-refractivity contribution in [1.82, 2.24) is 0 Å². The number of rotatable bonds is 7. The standard InChI is InChI=1S/C36H56OS/c1-24(2)30(38-26-12-10-9-11-13-26)16-14-25(3)27-18-22-36(8)29-15-17-31-33(4,5)32(37)20-21-34(31,6)28(29)19-23-35(27,36)7/h9-13,24-25,27,30-32,37H,14-23H2,1-8H3/t25?,27?,30?,31?,32-,34?,35?,36-/m0/s1. The van der Waals surface area contributed by atoms with Crippen LogP contribution in [0.25, 0.3) is 0 Å². The maximum atomic E-state index is 10.9. The monoisotopic (exact) mass is 536 g/mol. The highest BCUT2D eigenvalue weighted by Gasteiger charge is 2.63. The molecular formula is C36H56OS. The maximum absolute atomic E-state index is 10.9. The van der Waals surface area contributed by atoms with Gasteiger partial charge < -0.3 is 5.11 Å². The molecular weight excluding hydrogens is 480 g/mol. The predicted octanol–water partition coefficient (Wildman–Crippen LogP) is 10.3. The van der Waals surface area contributed by atoms with Crippen LogP contribution in [0.1, 0.15) is 120 Å². The molecule has 1 nitrogen and oxygen atoms in total. The van der Waals surface area contributed by atoms with E-state index in [9.17, 15) is 5.11 Å². The van der Waals surface area contributed by atoms with E-state index in [0.717, 1.165) is 18.3 Å². The van der Waals surface area contributed by atoms with E-state index in [1.807, 2.05) is 11.1 Å². The zero-order valence-electron chi connectivity index (χ0n) is 25.8. The van der Waals surface area contributed by atoms with E-state index in [4.69, 9.17) is 0 Å². The number of aliphatic hydroxyl groups excluding tert-OH is 1. The van der Waals surface area contributed by atoms with Gasteiger partial charge in [-0.2, -0.15) is 0 Å². The molecule has 4 aliphatic carbocycles. The Morgan fingerprint density at radius 1 is 0.842 bits per heavy atom. The van der Waals surface area contributed by atoms with Crippen LogP contribution in [0.5, 0.6) is 0 Å². The maximum Gasteiger partial charge on any atom is 0.0594 e. The molecule has 4 aliphatic rings. The Kier molecular flexibility index (Phi) is 7.78.